The molecule has 0 bridgehead atoms. The van der Waals surface area contributed by atoms with E-state index in [9.17, 15) is 19.5 Å². The summed E-state index contributed by atoms with van der Waals surface area (Å²) in [4.78, 5) is 38.3. The van der Waals surface area contributed by atoms with Gasteiger partial charge in [0.05, 0.1) is 19.8 Å². The quantitative estimate of drug-likeness (QED) is 0.302. The fraction of sp³-hybridized carbons (Fsp3) is 0.483. The van der Waals surface area contributed by atoms with E-state index in [1.165, 1.54) is 14.0 Å². The van der Waals surface area contributed by atoms with Crippen LogP contribution < -0.4 is 21.0 Å². The van der Waals surface area contributed by atoms with Gasteiger partial charge in [-0.2, -0.15) is 0 Å². The average molecular weight is 559 g/mol. The summed E-state index contributed by atoms with van der Waals surface area (Å²) in [6, 6.07) is 17.2. The summed E-state index contributed by atoms with van der Waals surface area (Å²) in [5.74, 6) is -1.50. The fourth-order valence-corrected chi connectivity index (χ4v) is 8.95. The number of alkyl carbamates (subject to hydrolysis) is 1. The molecule has 0 heterocycles. The molecule has 2 aromatic carbocycles. The van der Waals surface area contributed by atoms with E-state index in [0.29, 0.717) is 0 Å². The van der Waals surface area contributed by atoms with Crippen molar-refractivity contribution in [2.75, 3.05) is 13.7 Å². The Kier molecular flexibility index (Phi) is 10.9. The van der Waals surface area contributed by atoms with Crippen molar-refractivity contribution in [1.29, 1.82) is 0 Å². The first kappa shape index (κ1) is 32.0. The molecule has 0 aliphatic carbocycles. The van der Waals surface area contributed by atoms with Gasteiger partial charge >= 0.3 is 12.1 Å². The molecule has 0 saturated heterocycles. The molecule has 0 aliphatic rings. The molecule has 0 radical (unpaired) electrons. The minimum absolute atomic E-state index is 0.190. The highest BCUT2D eigenvalue weighted by Crippen LogP contribution is 2.36. The molecular weight excluding hydrogens is 516 g/mol. The van der Waals surface area contributed by atoms with Gasteiger partial charge in [-0.25, -0.2) is 9.59 Å². The van der Waals surface area contributed by atoms with Crippen molar-refractivity contribution in [2.24, 2.45) is 0 Å². The Bertz CT molecular complexity index is 1060. The Balaban J connectivity index is 2.41. The first-order chi connectivity index (χ1) is 18.1. The molecule has 0 aromatic heterocycles. The summed E-state index contributed by atoms with van der Waals surface area (Å²) in [6.07, 6.45) is -2.14. The van der Waals surface area contributed by atoms with Gasteiger partial charge < -0.3 is 29.6 Å². The minimum atomic E-state index is -3.02. The van der Waals surface area contributed by atoms with E-state index < -0.39 is 50.1 Å². The van der Waals surface area contributed by atoms with Crippen LogP contribution in [0.4, 0.5) is 4.79 Å². The van der Waals surface area contributed by atoms with Crippen molar-refractivity contribution < 1.29 is 33.4 Å². The van der Waals surface area contributed by atoms with Crippen LogP contribution in [0.3, 0.4) is 0 Å². The van der Waals surface area contributed by atoms with Crippen LogP contribution in [0.1, 0.15) is 48.5 Å². The van der Waals surface area contributed by atoms with Gasteiger partial charge in [-0.05, 0) is 43.1 Å². The van der Waals surface area contributed by atoms with E-state index in [0.717, 1.165) is 10.4 Å². The Labute approximate surface area is 232 Å². The summed E-state index contributed by atoms with van der Waals surface area (Å²) in [7, 11) is -1.80. The molecule has 10 heteroatoms. The minimum Gasteiger partial charge on any atom is -0.467 e. The Morgan fingerprint density at radius 3 is 1.74 bits per heavy atom. The predicted octanol–water partition coefficient (Wildman–Crippen LogP) is 2.49. The van der Waals surface area contributed by atoms with Crippen LogP contribution in [0.25, 0.3) is 0 Å². The van der Waals surface area contributed by atoms with E-state index in [1.807, 2.05) is 60.7 Å². The Morgan fingerprint density at radius 2 is 1.36 bits per heavy atom. The molecule has 2 aromatic rings. The van der Waals surface area contributed by atoms with Crippen molar-refractivity contribution in [3.05, 3.63) is 60.7 Å². The second kappa shape index (κ2) is 13.2. The van der Waals surface area contributed by atoms with Crippen LogP contribution >= 0.6 is 0 Å². The summed E-state index contributed by atoms with van der Waals surface area (Å²) in [5, 5.41) is 16.9. The van der Waals surface area contributed by atoms with Crippen molar-refractivity contribution in [1.82, 2.24) is 10.6 Å². The maximum atomic E-state index is 13.2. The highest BCUT2D eigenvalue weighted by Gasteiger charge is 2.50. The molecule has 0 saturated carbocycles. The van der Waals surface area contributed by atoms with Gasteiger partial charge in [0.1, 0.15) is 17.7 Å². The number of benzene rings is 2. The third kappa shape index (κ3) is 8.38. The molecule has 2 amide bonds. The molecule has 3 atom stereocenters. The van der Waals surface area contributed by atoms with Crippen LogP contribution in [0.15, 0.2) is 60.7 Å². The number of ether oxygens (including phenoxy) is 2. The lowest BCUT2D eigenvalue weighted by atomic mass is 10.1. The van der Waals surface area contributed by atoms with Gasteiger partial charge in [-0.3, -0.25) is 4.79 Å². The third-order valence-corrected chi connectivity index (χ3v) is 11.1. The second-order valence-electron chi connectivity index (χ2n) is 11.4. The SMILES string of the molecule is COC(=O)C(CO[Si](c1ccccc1)(c1ccccc1)C(C)(C)C)NC(=O)[C@@H](NC(=O)OC(C)(C)C)[C@@H](C)O. The summed E-state index contributed by atoms with van der Waals surface area (Å²) in [5.41, 5.74) is -0.804. The van der Waals surface area contributed by atoms with Crippen LogP contribution in [0.5, 0.6) is 0 Å². The molecule has 0 spiro atoms. The van der Waals surface area contributed by atoms with E-state index in [2.05, 4.69) is 31.4 Å². The number of carbonyl (C=O) groups is 3. The van der Waals surface area contributed by atoms with Crippen LogP contribution in [-0.4, -0.2) is 68.9 Å². The number of nitrogens with one attached hydrogen (secondary N) is 2. The first-order valence-electron chi connectivity index (χ1n) is 12.9. The zero-order valence-electron chi connectivity index (χ0n) is 24.1. The van der Waals surface area contributed by atoms with Gasteiger partial charge in [0.25, 0.3) is 8.32 Å². The van der Waals surface area contributed by atoms with Gasteiger partial charge in [0.2, 0.25) is 5.91 Å². The van der Waals surface area contributed by atoms with Gasteiger partial charge in [0.15, 0.2) is 0 Å². The van der Waals surface area contributed by atoms with Crippen molar-refractivity contribution in [2.45, 2.75) is 77.3 Å². The number of aliphatic hydroxyl groups excluding tert-OH is 1. The summed E-state index contributed by atoms with van der Waals surface area (Å²) in [6.45, 7) is 12.5. The Morgan fingerprint density at radius 1 is 0.872 bits per heavy atom. The molecule has 0 aliphatic heterocycles. The van der Waals surface area contributed by atoms with Crippen molar-refractivity contribution in [3.63, 3.8) is 0 Å². The molecule has 214 valence electrons. The maximum absolute atomic E-state index is 13.2. The molecule has 3 N–H and O–H groups in total. The van der Waals surface area contributed by atoms with Gasteiger partial charge in [-0.15, -0.1) is 0 Å². The number of amides is 2. The predicted molar refractivity (Wildman–Crippen MR) is 152 cm³/mol. The van der Waals surface area contributed by atoms with Gasteiger partial charge in [-0.1, -0.05) is 81.4 Å². The lowest BCUT2D eigenvalue weighted by molar-refractivity contribution is -0.146. The Hall–Kier alpha value is -3.21. The lowest BCUT2D eigenvalue weighted by Crippen LogP contribution is -2.68. The average Bonchev–Trinajstić information content (AvgIpc) is 2.85. The largest absolute Gasteiger partial charge is 0.467 e. The molecular formula is C29H42N2O7Si. The highest BCUT2D eigenvalue weighted by molar-refractivity contribution is 6.99. The zero-order chi connectivity index (χ0) is 29.4. The monoisotopic (exact) mass is 558 g/mol. The summed E-state index contributed by atoms with van der Waals surface area (Å²) >= 11 is 0. The summed E-state index contributed by atoms with van der Waals surface area (Å²) < 4.78 is 17.0. The van der Waals surface area contributed by atoms with Crippen LogP contribution in [0.2, 0.25) is 5.04 Å². The van der Waals surface area contributed by atoms with Gasteiger partial charge in [0, 0.05) is 0 Å². The topological polar surface area (TPSA) is 123 Å². The number of hydrogen-bond donors (Lipinski definition) is 3. The molecule has 9 nitrogen and oxygen atoms in total. The third-order valence-electron chi connectivity index (χ3n) is 6.12. The number of rotatable bonds is 10. The highest BCUT2D eigenvalue weighted by atomic mass is 28.4. The zero-order valence-corrected chi connectivity index (χ0v) is 25.1. The second-order valence-corrected chi connectivity index (χ2v) is 15.7. The number of aliphatic hydroxyl groups is 1. The first-order valence-corrected chi connectivity index (χ1v) is 14.8. The van der Waals surface area contributed by atoms with Crippen molar-refractivity contribution in [3.8, 4) is 0 Å². The van der Waals surface area contributed by atoms with E-state index in [-0.39, 0.29) is 11.6 Å². The molecule has 0 fully saturated rings. The van der Waals surface area contributed by atoms with Crippen LogP contribution in [0, 0.1) is 0 Å². The lowest BCUT2D eigenvalue weighted by Gasteiger charge is -2.43. The number of esters is 1. The number of methoxy groups -OCH3 is 1. The molecule has 39 heavy (non-hydrogen) atoms. The van der Waals surface area contributed by atoms with Crippen molar-refractivity contribution >= 4 is 36.7 Å². The normalized spacial score (nSPS) is 14.5. The number of carbonyl (C=O) groups excluding carboxylic acids is 3. The molecule has 1 unspecified atom stereocenters. The smallest absolute Gasteiger partial charge is 0.408 e. The standard InChI is InChI=1S/C29H42N2O7Si/c1-20(32)24(31-27(35)38-28(2,3)4)25(33)30-23(26(34)36-8)19-37-39(29(5,6)7,21-15-11-9-12-16-21)22-17-13-10-14-18-22/h9-18,20,23-24,32H,19H2,1-8H3,(H,30,33)(H,31,35)/t20-,23?,24+/m1/s1. The fourth-order valence-electron chi connectivity index (χ4n) is 4.38. The maximum Gasteiger partial charge on any atom is 0.408 e. The van der Waals surface area contributed by atoms with E-state index in [4.69, 9.17) is 13.9 Å². The van der Waals surface area contributed by atoms with E-state index >= 15 is 0 Å². The molecule has 2 rings (SSSR count). The van der Waals surface area contributed by atoms with Crippen LogP contribution in [-0.2, 0) is 23.5 Å². The van der Waals surface area contributed by atoms with E-state index in [1.54, 1.807) is 20.8 Å². The number of hydrogen-bond acceptors (Lipinski definition) is 7.